The Balaban J connectivity index is 1.90. The highest BCUT2D eigenvalue weighted by molar-refractivity contribution is 5.96. The van der Waals surface area contributed by atoms with Gasteiger partial charge in [-0.25, -0.2) is 0 Å². The maximum Gasteiger partial charge on any atom is 0.251 e. The number of carbonyl (C=O) groups excluding carboxylic acids is 1. The smallest absolute Gasteiger partial charge is 0.251 e. The van der Waals surface area contributed by atoms with E-state index in [0.717, 1.165) is 23.3 Å². The minimum Gasteiger partial charge on any atom is -0.497 e. The van der Waals surface area contributed by atoms with Crippen molar-refractivity contribution < 1.29 is 9.53 Å². The Morgan fingerprint density at radius 3 is 2.60 bits per heavy atom. The van der Waals surface area contributed by atoms with E-state index >= 15 is 0 Å². The number of amides is 1. The Labute approximate surface area is 118 Å². The van der Waals surface area contributed by atoms with E-state index in [9.17, 15) is 4.79 Å². The fraction of sp³-hybridized carbons (Fsp3) is 0.235. The van der Waals surface area contributed by atoms with Gasteiger partial charge < -0.3 is 10.1 Å². The third-order valence-corrected chi connectivity index (χ3v) is 3.82. The molecule has 0 radical (unpaired) electrons. The Morgan fingerprint density at radius 2 is 1.85 bits per heavy atom. The molecule has 1 aliphatic rings. The zero-order valence-electron chi connectivity index (χ0n) is 11.4. The van der Waals surface area contributed by atoms with Gasteiger partial charge in [0, 0.05) is 18.0 Å². The van der Waals surface area contributed by atoms with Crippen molar-refractivity contribution in [2.45, 2.75) is 12.3 Å². The summed E-state index contributed by atoms with van der Waals surface area (Å²) in [4.78, 5) is 12.1. The second-order valence-electron chi connectivity index (χ2n) is 5.04. The van der Waals surface area contributed by atoms with Crippen molar-refractivity contribution in [3.8, 4) is 5.75 Å². The van der Waals surface area contributed by atoms with Gasteiger partial charge in [-0.05, 0) is 35.7 Å². The average Bonchev–Trinajstić information content (AvgIpc) is 2.67. The second kappa shape index (κ2) is 5.37. The SMILES string of the molecule is COc1ccc([C@@H]2CNC(=O)c3ccccc3C2)cc1. The molecule has 0 fully saturated rings. The van der Waals surface area contributed by atoms with E-state index in [2.05, 4.69) is 17.4 Å². The van der Waals surface area contributed by atoms with Gasteiger partial charge in [0.15, 0.2) is 0 Å². The van der Waals surface area contributed by atoms with Gasteiger partial charge in [0.25, 0.3) is 5.91 Å². The third-order valence-electron chi connectivity index (χ3n) is 3.82. The van der Waals surface area contributed by atoms with Crippen LogP contribution in [-0.4, -0.2) is 19.6 Å². The van der Waals surface area contributed by atoms with E-state index in [-0.39, 0.29) is 5.91 Å². The number of nitrogens with one attached hydrogen (secondary N) is 1. The van der Waals surface area contributed by atoms with Crippen LogP contribution in [0.4, 0.5) is 0 Å². The van der Waals surface area contributed by atoms with Crippen LogP contribution < -0.4 is 10.1 Å². The monoisotopic (exact) mass is 267 g/mol. The standard InChI is InChI=1S/C17H17NO2/c1-20-15-8-6-12(7-9-15)14-10-13-4-2-3-5-16(13)17(19)18-11-14/h2-9,14H,10-11H2,1H3,(H,18,19)/t14-/m0/s1. The van der Waals surface area contributed by atoms with Gasteiger partial charge in [0.05, 0.1) is 7.11 Å². The van der Waals surface area contributed by atoms with Crippen molar-refractivity contribution in [3.05, 3.63) is 65.2 Å². The molecule has 2 aromatic rings. The van der Waals surface area contributed by atoms with E-state index in [4.69, 9.17) is 4.74 Å². The maximum atomic E-state index is 12.1. The third kappa shape index (κ3) is 2.39. The van der Waals surface area contributed by atoms with Crippen molar-refractivity contribution in [2.24, 2.45) is 0 Å². The van der Waals surface area contributed by atoms with E-state index < -0.39 is 0 Å². The molecule has 0 bridgehead atoms. The molecule has 1 amide bonds. The van der Waals surface area contributed by atoms with Gasteiger partial charge in [-0.15, -0.1) is 0 Å². The summed E-state index contributed by atoms with van der Waals surface area (Å²) in [5.74, 6) is 1.18. The predicted octanol–water partition coefficient (Wildman–Crippen LogP) is 2.76. The van der Waals surface area contributed by atoms with Crippen LogP contribution in [0.5, 0.6) is 5.75 Å². The summed E-state index contributed by atoms with van der Waals surface area (Å²) >= 11 is 0. The summed E-state index contributed by atoms with van der Waals surface area (Å²) in [7, 11) is 1.66. The lowest BCUT2D eigenvalue weighted by Gasteiger charge is -2.15. The van der Waals surface area contributed by atoms with Crippen LogP contribution in [0.2, 0.25) is 0 Å². The first-order chi connectivity index (χ1) is 9.78. The van der Waals surface area contributed by atoms with E-state index in [1.54, 1.807) is 7.11 Å². The summed E-state index contributed by atoms with van der Waals surface area (Å²) in [6, 6.07) is 15.9. The van der Waals surface area contributed by atoms with Crippen LogP contribution in [0.1, 0.15) is 27.4 Å². The number of hydrogen-bond donors (Lipinski definition) is 1. The van der Waals surface area contributed by atoms with Gasteiger partial charge in [-0.1, -0.05) is 30.3 Å². The number of fused-ring (bicyclic) bond motifs is 1. The topological polar surface area (TPSA) is 38.3 Å². The van der Waals surface area contributed by atoms with Crippen LogP contribution in [0.25, 0.3) is 0 Å². The maximum absolute atomic E-state index is 12.1. The Kier molecular flexibility index (Phi) is 3.42. The number of carbonyl (C=O) groups is 1. The van der Waals surface area contributed by atoms with Gasteiger partial charge in [-0.3, -0.25) is 4.79 Å². The fourth-order valence-corrected chi connectivity index (χ4v) is 2.68. The summed E-state index contributed by atoms with van der Waals surface area (Å²) in [6.45, 7) is 0.667. The normalized spacial score (nSPS) is 17.9. The van der Waals surface area contributed by atoms with Gasteiger partial charge in [0.2, 0.25) is 0 Å². The van der Waals surface area contributed by atoms with Crippen molar-refractivity contribution in [1.29, 1.82) is 0 Å². The van der Waals surface area contributed by atoms with Crippen LogP contribution in [-0.2, 0) is 6.42 Å². The largest absolute Gasteiger partial charge is 0.497 e. The lowest BCUT2D eigenvalue weighted by atomic mass is 9.91. The molecule has 102 valence electrons. The van der Waals surface area contributed by atoms with Gasteiger partial charge in [0.1, 0.15) is 5.75 Å². The highest BCUT2D eigenvalue weighted by Crippen LogP contribution is 2.26. The molecular weight excluding hydrogens is 250 g/mol. The van der Waals surface area contributed by atoms with Crippen LogP contribution >= 0.6 is 0 Å². The van der Waals surface area contributed by atoms with Crippen LogP contribution in [0.15, 0.2) is 48.5 Å². The Bertz CT molecular complexity index is 619. The molecule has 2 aromatic carbocycles. The summed E-state index contributed by atoms with van der Waals surface area (Å²) in [5.41, 5.74) is 3.13. The van der Waals surface area contributed by atoms with E-state index in [1.807, 2.05) is 36.4 Å². The molecule has 0 saturated heterocycles. The van der Waals surface area contributed by atoms with Crippen LogP contribution in [0, 0.1) is 0 Å². The first-order valence-corrected chi connectivity index (χ1v) is 6.78. The summed E-state index contributed by atoms with van der Waals surface area (Å²) in [5, 5.41) is 3.01. The molecule has 3 rings (SSSR count). The van der Waals surface area contributed by atoms with E-state index in [0.29, 0.717) is 12.5 Å². The highest BCUT2D eigenvalue weighted by atomic mass is 16.5. The molecule has 0 aliphatic carbocycles. The van der Waals surface area contributed by atoms with E-state index in [1.165, 1.54) is 5.56 Å². The zero-order valence-corrected chi connectivity index (χ0v) is 11.4. The molecule has 20 heavy (non-hydrogen) atoms. The average molecular weight is 267 g/mol. The Morgan fingerprint density at radius 1 is 1.10 bits per heavy atom. The predicted molar refractivity (Wildman–Crippen MR) is 78.2 cm³/mol. The first-order valence-electron chi connectivity index (χ1n) is 6.78. The Hall–Kier alpha value is -2.29. The lowest BCUT2D eigenvalue weighted by molar-refractivity contribution is 0.0954. The molecule has 3 heteroatoms. The zero-order chi connectivity index (χ0) is 13.9. The van der Waals surface area contributed by atoms with Crippen LogP contribution in [0.3, 0.4) is 0 Å². The van der Waals surface area contributed by atoms with Crippen molar-refractivity contribution in [2.75, 3.05) is 13.7 Å². The molecule has 1 atom stereocenters. The second-order valence-corrected chi connectivity index (χ2v) is 5.04. The van der Waals surface area contributed by atoms with Gasteiger partial charge in [-0.2, -0.15) is 0 Å². The number of ether oxygens (including phenoxy) is 1. The van der Waals surface area contributed by atoms with Crippen molar-refractivity contribution >= 4 is 5.91 Å². The quantitative estimate of drug-likeness (QED) is 0.908. The number of rotatable bonds is 2. The number of hydrogen-bond acceptors (Lipinski definition) is 2. The summed E-state index contributed by atoms with van der Waals surface area (Å²) < 4.78 is 5.18. The lowest BCUT2D eigenvalue weighted by Crippen LogP contribution is -2.25. The minimum absolute atomic E-state index is 0.0246. The molecule has 0 saturated carbocycles. The highest BCUT2D eigenvalue weighted by Gasteiger charge is 2.22. The van der Waals surface area contributed by atoms with Gasteiger partial charge >= 0.3 is 0 Å². The number of methoxy groups -OCH3 is 1. The molecule has 0 spiro atoms. The molecule has 0 aromatic heterocycles. The number of benzene rings is 2. The molecule has 1 N–H and O–H groups in total. The molecule has 1 aliphatic heterocycles. The molecular formula is C17H17NO2. The molecule has 3 nitrogen and oxygen atoms in total. The van der Waals surface area contributed by atoms with Crippen molar-refractivity contribution in [3.63, 3.8) is 0 Å². The van der Waals surface area contributed by atoms with Crippen molar-refractivity contribution in [1.82, 2.24) is 5.32 Å². The first kappa shape index (κ1) is 12.7. The summed E-state index contributed by atoms with van der Waals surface area (Å²) in [6.07, 6.45) is 0.876. The minimum atomic E-state index is 0.0246. The molecule has 1 heterocycles. The fourth-order valence-electron chi connectivity index (χ4n) is 2.68. The molecule has 0 unspecified atom stereocenters.